The van der Waals surface area contributed by atoms with Crippen LogP contribution in [0.15, 0.2) is 66.5 Å². The van der Waals surface area contributed by atoms with Crippen LogP contribution in [-0.4, -0.2) is 11.6 Å². The first-order valence-electron chi connectivity index (χ1n) is 8.74. The van der Waals surface area contributed by atoms with E-state index in [0.29, 0.717) is 6.61 Å². The largest absolute Gasteiger partial charge is 0.331 e. The van der Waals surface area contributed by atoms with Crippen molar-refractivity contribution in [3.8, 4) is 0 Å². The Labute approximate surface area is 153 Å². The molecule has 0 saturated heterocycles. The Balaban J connectivity index is 2.06. The van der Waals surface area contributed by atoms with Crippen LogP contribution in [-0.2, 0) is 9.09 Å². The van der Waals surface area contributed by atoms with E-state index in [0.717, 1.165) is 38.7 Å². The molecule has 3 aromatic rings. The van der Waals surface area contributed by atoms with Gasteiger partial charge in [0.2, 0.25) is 0 Å². The zero-order chi connectivity index (χ0) is 18.3. The predicted molar refractivity (Wildman–Crippen MR) is 108 cm³/mol. The van der Waals surface area contributed by atoms with E-state index in [1.165, 1.54) is 0 Å². The van der Waals surface area contributed by atoms with E-state index in [1.54, 1.807) is 6.20 Å². The van der Waals surface area contributed by atoms with Crippen molar-refractivity contribution >= 4 is 35.0 Å². The summed E-state index contributed by atoms with van der Waals surface area (Å²) >= 11 is 0. The van der Waals surface area contributed by atoms with Crippen molar-refractivity contribution in [2.75, 3.05) is 11.3 Å². The first-order valence-corrected chi connectivity index (χ1v) is 10.3. The van der Waals surface area contributed by atoms with Crippen LogP contribution < -0.4 is 9.97 Å². The third-order valence-corrected chi connectivity index (χ3v) is 7.53. The molecule has 0 bridgehead atoms. The van der Waals surface area contributed by atoms with E-state index in [1.807, 2.05) is 73.1 Å². The van der Waals surface area contributed by atoms with Gasteiger partial charge in [-0.15, -0.1) is 0 Å². The Morgan fingerprint density at radius 1 is 1.04 bits per heavy atom. The van der Waals surface area contributed by atoms with E-state index < -0.39 is 7.52 Å². The molecule has 1 aliphatic rings. The van der Waals surface area contributed by atoms with Crippen LogP contribution in [0.5, 0.6) is 0 Å². The molecule has 1 aliphatic heterocycles. The van der Waals surface area contributed by atoms with Crippen molar-refractivity contribution < 1.29 is 9.09 Å². The lowest BCUT2D eigenvalue weighted by atomic mass is 10.0. The number of rotatable bonds is 3. The lowest BCUT2D eigenvalue weighted by Crippen LogP contribution is -2.32. The molecule has 132 valence electrons. The Morgan fingerprint density at radius 2 is 1.81 bits per heavy atom. The number of nitrogens with zero attached hydrogens (tertiary/aromatic N) is 2. The highest BCUT2D eigenvalue weighted by Crippen LogP contribution is 2.59. The summed E-state index contributed by atoms with van der Waals surface area (Å²) in [6, 6.07) is 17.7. The molecule has 4 nitrogen and oxygen atoms in total. The molecule has 4 rings (SSSR count). The minimum atomic E-state index is -3.30. The number of para-hydroxylation sites is 1. The molecule has 1 atom stereocenters. The van der Waals surface area contributed by atoms with Gasteiger partial charge in [-0.3, -0.25) is 14.2 Å². The van der Waals surface area contributed by atoms with Crippen LogP contribution in [0.1, 0.15) is 26.3 Å². The zero-order valence-corrected chi connectivity index (χ0v) is 16.0. The van der Waals surface area contributed by atoms with E-state index in [9.17, 15) is 4.57 Å². The Morgan fingerprint density at radius 3 is 2.62 bits per heavy atom. The lowest BCUT2D eigenvalue weighted by molar-refractivity contribution is 0.339. The van der Waals surface area contributed by atoms with Crippen molar-refractivity contribution in [2.24, 2.45) is 0 Å². The molecular formula is C21H21N2O2P. The molecule has 2 aromatic carbocycles. The summed E-state index contributed by atoms with van der Waals surface area (Å²) in [6.45, 7) is 6.31. The van der Waals surface area contributed by atoms with E-state index in [4.69, 9.17) is 4.52 Å². The molecule has 1 aromatic heterocycles. The van der Waals surface area contributed by atoms with Crippen molar-refractivity contribution in [1.82, 2.24) is 4.98 Å². The SMILES string of the molecule is CCOP1(=O)c2ccccc2C(C)=C(C)N1c1cccc2cccnc12. The number of anilines is 1. The van der Waals surface area contributed by atoms with Crippen LogP contribution in [0, 0.1) is 0 Å². The molecule has 0 fully saturated rings. The van der Waals surface area contributed by atoms with Crippen LogP contribution in [0.3, 0.4) is 0 Å². The predicted octanol–water partition coefficient (Wildman–Crippen LogP) is 5.36. The first-order chi connectivity index (χ1) is 12.6. The second-order valence-corrected chi connectivity index (χ2v) is 8.51. The molecule has 0 aliphatic carbocycles. The average Bonchev–Trinajstić information content (AvgIpc) is 2.67. The highest BCUT2D eigenvalue weighted by atomic mass is 31.2. The molecule has 0 N–H and O–H groups in total. The summed E-state index contributed by atoms with van der Waals surface area (Å²) in [5, 5.41) is 1.76. The van der Waals surface area contributed by atoms with Crippen molar-refractivity contribution in [1.29, 1.82) is 0 Å². The van der Waals surface area contributed by atoms with Gasteiger partial charge in [-0.2, -0.15) is 0 Å². The standard InChI is InChI=1S/C21H21N2O2P/c1-4-25-26(24)20-13-6-5-11-18(20)15(2)16(3)23(26)19-12-7-9-17-10-8-14-22-21(17)19/h5-14H,4H2,1-3H3. The fourth-order valence-corrected chi connectivity index (χ4v) is 6.21. The maximum atomic E-state index is 14.2. The summed E-state index contributed by atoms with van der Waals surface area (Å²) in [5.41, 5.74) is 4.65. The Bertz CT molecular complexity index is 1070. The number of pyridine rings is 1. The molecule has 0 spiro atoms. The summed E-state index contributed by atoms with van der Waals surface area (Å²) < 4.78 is 22.0. The number of benzene rings is 2. The van der Waals surface area contributed by atoms with Crippen LogP contribution in [0.2, 0.25) is 0 Å². The second kappa shape index (κ2) is 6.39. The summed E-state index contributed by atoms with van der Waals surface area (Å²) in [7, 11) is -3.30. The molecule has 0 saturated carbocycles. The van der Waals surface area contributed by atoms with Crippen molar-refractivity contribution in [2.45, 2.75) is 20.8 Å². The third-order valence-electron chi connectivity index (χ3n) is 4.88. The second-order valence-electron chi connectivity index (χ2n) is 6.33. The molecule has 0 amide bonds. The van der Waals surface area contributed by atoms with Gasteiger partial charge < -0.3 is 4.52 Å². The number of allylic oxidation sites excluding steroid dienone is 2. The quantitative estimate of drug-likeness (QED) is 0.587. The van der Waals surface area contributed by atoms with Gasteiger partial charge in [-0.1, -0.05) is 36.4 Å². The Hall–Kier alpha value is -2.42. The summed E-state index contributed by atoms with van der Waals surface area (Å²) in [5.74, 6) is 0. The average molecular weight is 364 g/mol. The van der Waals surface area contributed by atoms with Gasteiger partial charge in [-0.25, -0.2) is 0 Å². The van der Waals surface area contributed by atoms with E-state index >= 15 is 0 Å². The van der Waals surface area contributed by atoms with Gasteiger partial charge in [0.15, 0.2) is 0 Å². The highest BCUT2D eigenvalue weighted by Gasteiger charge is 2.42. The smallest absolute Gasteiger partial charge is 0.310 e. The maximum Gasteiger partial charge on any atom is 0.331 e. The van der Waals surface area contributed by atoms with Gasteiger partial charge in [0, 0.05) is 17.3 Å². The molecule has 5 heteroatoms. The fourth-order valence-electron chi connectivity index (χ4n) is 3.58. The molecule has 26 heavy (non-hydrogen) atoms. The minimum absolute atomic E-state index is 0.368. The number of aromatic nitrogens is 1. The van der Waals surface area contributed by atoms with Crippen molar-refractivity contribution in [3.05, 3.63) is 72.1 Å². The topological polar surface area (TPSA) is 42.4 Å². The normalized spacial score (nSPS) is 19.7. The summed E-state index contributed by atoms with van der Waals surface area (Å²) in [4.78, 5) is 4.56. The molecule has 2 heterocycles. The number of fused-ring (bicyclic) bond motifs is 2. The van der Waals surface area contributed by atoms with Gasteiger partial charge in [-0.05, 0) is 50.1 Å². The molecular weight excluding hydrogens is 343 g/mol. The van der Waals surface area contributed by atoms with Gasteiger partial charge >= 0.3 is 7.52 Å². The number of hydrogen-bond acceptors (Lipinski definition) is 3. The van der Waals surface area contributed by atoms with Crippen LogP contribution in [0.25, 0.3) is 16.5 Å². The lowest BCUT2D eigenvalue weighted by Gasteiger charge is -2.39. The molecule has 0 radical (unpaired) electrons. The van der Waals surface area contributed by atoms with Crippen molar-refractivity contribution in [3.63, 3.8) is 0 Å². The highest BCUT2D eigenvalue weighted by molar-refractivity contribution is 7.69. The fraction of sp³-hybridized carbons (Fsp3) is 0.190. The minimum Gasteiger partial charge on any atom is -0.310 e. The Kier molecular flexibility index (Phi) is 4.18. The van der Waals surface area contributed by atoms with Crippen LogP contribution in [0.4, 0.5) is 5.69 Å². The van der Waals surface area contributed by atoms with E-state index in [2.05, 4.69) is 11.9 Å². The summed E-state index contributed by atoms with van der Waals surface area (Å²) in [6.07, 6.45) is 1.77. The van der Waals surface area contributed by atoms with Gasteiger partial charge in [0.05, 0.1) is 23.1 Å². The first kappa shape index (κ1) is 17.0. The maximum absolute atomic E-state index is 14.2. The van der Waals surface area contributed by atoms with Gasteiger partial charge in [0.25, 0.3) is 0 Å². The number of hydrogen-bond donors (Lipinski definition) is 0. The van der Waals surface area contributed by atoms with Gasteiger partial charge in [0.1, 0.15) is 0 Å². The van der Waals surface area contributed by atoms with E-state index in [-0.39, 0.29) is 0 Å². The third kappa shape index (κ3) is 2.41. The monoisotopic (exact) mass is 364 g/mol. The molecule has 1 unspecified atom stereocenters. The van der Waals surface area contributed by atoms with Crippen LogP contribution >= 0.6 is 7.52 Å². The zero-order valence-electron chi connectivity index (χ0n) is 15.1.